The Morgan fingerprint density at radius 3 is 2.16 bits per heavy atom. The summed E-state index contributed by atoms with van der Waals surface area (Å²) < 4.78 is 14.2. The van der Waals surface area contributed by atoms with Crippen molar-refractivity contribution in [3.05, 3.63) is 68.4 Å². The van der Waals surface area contributed by atoms with E-state index in [1.165, 1.54) is 12.1 Å². The molecule has 0 radical (unpaired) electrons. The highest BCUT2D eigenvalue weighted by Crippen LogP contribution is 2.33. The summed E-state index contributed by atoms with van der Waals surface area (Å²) in [4.78, 5) is 0. The Morgan fingerprint density at radius 2 is 1.63 bits per heavy atom. The number of halogens is 2. The van der Waals surface area contributed by atoms with Gasteiger partial charge in [-0.3, -0.25) is 0 Å². The van der Waals surface area contributed by atoms with Crippen molar-refractivity contribution in [2.24, 2.45) is 0 Å². The Hall–Kier alpha value is -1.19. The minimum absolute atomic E-state index is 0.270. The first-order chi connectivity index (χ1) is 8.90. The summed E-state index contributed by atoms with van der Waals surface area (Å²) >= 11 is 3.47. The van der Waals surface area contributed by atoms with E-state index in [-0.39, 0.29) is 5.82 Å². The van der Waals surface area contributed by atoms with Crippen LogP contribution in [0.1, 0.15) is 33.9 Å². The lowest BCUT2D eigenvalue weighted by atomic mass is 9.93. The molecular formula is C16H16BrFO. The molecule has 2 rings (SSSR count). The van der Waals surface area contributed by atoms with Crippen LogP contribution in [0.2, 0.25) is 0 Å². The van der Waals surface area contributed by atoms with Gasteiger partial charge in [0, 0.05) is 4.47 Å². The van der Waals surface area contributed by atoms with Gasteiger partial charge in [0.25, 0.3) is 0 Å². The van der Waals surface area contributed by atoms with Crippen molar-refractivity contribution in [1.29, 1.82) is 0 Å². The van der Waals surface area contributed by atoms with Crippen LogP contribution in [-0.4, -0.2) is 5.11 Å². The van der Waals surface area contributed by atoms with Gasteiger partial charge in [-0.1, -0.05) is 28.1 Å². The Morgan fingerprint density at radius 1 is 1.05 bits per heavy atom. The quantitative estimate of drug-likeness (QED) is 0.857. The van der Waals surface area contributed by atoms with Gasteiger partial charge in [-0.2, -0.15) is 0 Å². The lowest BCUT2D eigenvalue weighted by Gasteiger charge is -2.18. The highest BCUT2D eigenvalue weighted by molar-refractivity contribution is 9.10. The third-order valence-corrected chi connectivity index (χ3v) is 3.97. The molecule has 1 atom stereocenters. The standard InChI is InChI=1S/C16H16BrFO/c1-9-4-5-13(14(17)6-9)16(19)15-10(2)7-12(18)8-11(15)3/h4-8,16,19H,1-3H3. The van der Waals surface area contributed by atoms with Crippen molar-refractivity contribution < 1.29 is 9.50 Å². The summed E-state index contributed by atoms with van der Waals surface area (Å²) in [5.41, 5.74) is 4.21. The summed E-state index contributed by atoms with van der Waals surface area (Å²) in [6.07, 6.45) is -0.754. The van der Waals surface area contributed by atoms with Crippen molar-refractivity contribution >= 4 is 15.9 Å². The van der Waals surface area contributed by atoms with Gasteiger partial charge in [0.2, 0.25) is 0 Å². The molecule has 2 aromatic rings. The summed E-state index contributed by atoms with van der Waals surface area (Å²) in [6, 6.07) is 8.72. The zero-order valence-corrected chi connectivity index (χ0v) is 12.8. The molecule has 2 aromatic carbocycles. The maximum atomic E-state index is 13.3. The molecule has 3 heteroatoms. The first-order valence-corrected chi connectivity index (χ1v) is 6.90. The van der Waals surface area contributed by atoms with Crippen molar-refractivity contribution in [3.8, 4) is 0 Å². The van der Waals surface area contributed by atoms with Crippen molar-refractivity contribution in [1.82, 2.24) is 0 Å². The fourth-order valence-electron chi connectivity index (χ4n) is 2.36. The van der Waals surface area contributed by atoms with Gasteiger partial charge in [-0.15, -0.1) is 0 Å². The molecule has 0 amide bonds. The summed E-state index contributed by atoms with van der Waals surface area (Å²) in [7, 11) is 0. The maximum absolute atomic E-state index is 13.3. The van der Waals surface area contributed by atoms with E-state index in [9.17, 15) is 9.50 Å². The van der Waals surface area contributed by atoms with E-state index >= 15 is 0 Å². The lowest BCUT2D eigenvalue weighted by molar-refractivity contribution is 0.218. The van der Waals surface area contributed by atoms with Gasteiger partial charge in [0.15, 0.2) is 0 Å². The SMILES string of the molecule is Cc1ccc(C(O)c2c(C)cc(F)cc2C)c(Br)c1. The topological polar surface area (TPSA) is 20.2 Å². The monoisotopic (exact) mass is 322 g/mol. The molecule has 0 fully saturated rings. The number of aliphatic hydroxyl groups is 1. The molecule has 0 aliphatic rings. The van der Waals surface area contributed by atoms with Crippen LogP contribution in [-0.2, 0) is 0 Å². The molecule has 0 spiro atoms. The number of rotatable bonds is 2. The van der Waals surface area contributed by atoms with Crippen LogP contribution in [0, 0.1) is 26.6 Å². The van der Waals surface area contributed by atoms with Crippen LogP contribution in [0.15, 0.2) is 34.8 Å². The predicted molar refractivity (Wildman–Crippen MR) is 78.8 cm³/mol. The van der Waals surface area contributed by atoms with Crippen LogP contribution in [0.4, 0.5) is 4.39 Å². The molecule has 0 aromatic heterocycles. The molecule has 1 N–H and O–H groups in total. The van der Waals surface area contributed by atoms with E-state index in [0.29, 0.717) is 0 Å². The predicted octanol–water partition coefficient (Wildman–Crippen LogP) is 4.60. The number of benzene rings is 2. The van der Waals surface area contributed by atoms with Gasteiger partial charge in [-0.25, -0.2) is 4.39 Å². The molecule has 0 saturated heterocycles. The Labute approximate surface area is 121 Å². The smallest absolute Gasteiger partial charge is 0.123 e. The van der Waals surface area contributed by atoms with Gasteiger partial charge < -0.3 is 5.11 Å². The van der Waals surface area contributed by atoms with E-state index in [0.717, 1.165) is 32.3 Å². The third kappa shape index (κ3) is 2.88. The first-order valence-electron chi connectivity index (χ1n) is 6.11. The number of aliphatic hydroxyl groups excluding tert-OH is 1. The van der Waals surface area contributed by atoms with Gasteiger partial charge in [0.05, 0.1) is 0 Å². The molecule has 0 bridgehead atoms. The largest absolute Gasteiger partial charge is 0.384 e. The Kier molecular flexibility index (Phi) is 4.07. The normalized spacial score (nSPS) is 12.5. The van der Waals surface area contributed by atoms with Crippen LogP contribution >= 0.6 is 15.9 Å². The summed E-state index contributed by atoms with van der Waals surface area (Å²) in [5, 5.41) is 10.6. The van der Waals surface area contributed by atoms with Gasteiger partial charge >= 0.3 is 0 Å². The van der Waals surface area contributed by atoms with Crippen molar-refractivity contribution in [3.63, 3.8) is 0 Å². The van der Waals surface area contributed by atoms with Crippen molar-refractivity contribution in [2.45, 2.75) is 26.9 Å². The average molecular weight is 323 g/mol. The number of aryl methyl sites for hydroxylation is 3. The molecule has 0 saturated carbocycles. The first kappa shape index (κ1) is 14.2. The summed E-state index contributed by atoms with van der Waals surface area (Å²) in [6.45, 7) is 5.63. The van der Waals surface area contributed by atoms with Crippen molar-refractivity contribution in [2.75, 3.05) is 0 Å². The molecule has 0 heterocycles. The second-order valence-corrected chi connectivity index (χ2v) is 5.74. The molecule has 19 heavy (non-hydrogen) atoms. The highest BCUT2D eigenvalue weighted by atomic mass is 79.9. The van der Waals surface area contributed by atoms with Crippen LogP contribution in [0.3, 0.4) is 0 Å². The number of hydrogen-bond acceptors (Lipinski definition) is 1. The Bertz CT molecular complexity index is 599. The van der Waals surface area contributed by atoms with E-state index in [1.54, 1.807) is 0 Å². The Balaban J connectivity index is 2.53. The second kappa shape index (κ2) is 5.43. The molecule has 1 unspecified atom stereocenters. The van der Waals surface area contributed by atoms with E-state index in [1.807, 2.05) is 39.0 Å². The molecule has 0 aliphatic heterocycles. The fraction of sp³-hybridized carbons (Fsp3) is 0.250. The van der Waals surface area contributed by atoms with E-state index < -0.39 is 6.10 Å². The zero-order chi connectivity index (χ0) is 14.2. The van der Waals surface area contributed by atoms with Gasteiger partial charge in [-0.05, 0) is 66.8 Å². The molecule has 0 aliphatic carbocycles. The third-order valence-electron chi connectivity index (χ3n) is 3.28. The van der Waals surface area contributed by atoms with Crippen LogP contribution in [0.5, 0.6) is 0 Å². The minimum Gasteiger partial charge on any atom is -0.384 e. The molecule has 100 valence electrons. The van der Waals surface area contributed by atoms with Crippen LogP contribution < -0.4 is 0 Å². The molecular weight excluding hydrogens is 307 g/mol. The number of hydrogen-bond donors (Lipinski definition) is 1. The zero-order valence-electron chi connectivity index (χ0n) is 11.2. The average Bonchev–Trinajstić information content (AvgIpc) is 2.26. The second-order valence-electron chi connectivity index (χ2n) is 4.88. The van der Waals surface area contributed by atoms with E-state index in [2.05, 4.69) is 15.9 Å². The minimum atomic E-state index is -0.754. The summed E-state index contributed by atoms with van der Waals surface area (Å²) in [5.74, 6) is -0.270. The van der Waals surface area contributed by atoms with Gasteiger partial charge in [0.1, 0.15) is 11.9 Å². The maximum Gasteiger partial charge on any atom is 0.123 e. The fourth-order valence-corrected chi connectivity index (χ4v) is 3.07. The van der Waals surface area contributed by atoms with Crippen LogP contribution in [0.25, 0.3) is 0 Å². The highest BCUT2D eigenvalue weighted by Gasteiger charge is 2.18. The molecule has 1 nitrogen and oxygen atoms in total. The van der Waals surface area contributed by atoms with E-state index in [4.69, 9.17) is 0 Å². The lowest BCUT2D eigenvalue weighted by Crippen LogP contribution is -2.06.